The lowest BCUT2D eigenvalue weighted by Gasteiger charge is -2.30. The highest BCUT2D eigenvalue weighted by Gasteiger charge is 2.22. The fourth-order valence-electron chi connectivity index (χ4n) is 2.93. The van der Waals surface area contributed by atoms with Gasteiger partial charge in [-0.05, 0) is 31.6 Å². The number of nitrogens with zero attached hydrogens (tertiary/aromatic N) is 1. The molecule has 7 heteroatoms. The quantitative estimate of drug-likeness (QED) is 0.354. The van der Waals surface area contributed by atoms with Crippen LogP contribution in [0.5, 0.6) is 0 Å². The summed E-state index contributed by atoms with van der Waals surface area (Å²) in [6, 6.07) is 6.69. The molecular formula is C17H27FIN3OS. The summed E-state index contributed by atoms with van der Waals surface area (Å²) in [6.07, 6.45) is 6.01. The lowest BCUT2D eigenvalue weighted by Crippen LogP contribution is -2.46. The lowest BCUT2D eigenvalue weighted by molar-refractivity contribution is 0.176. The molecule has 3 atom stereocenters. The van der Waals surface area contributed by atoms with Crippen LogP contribution < -0.4 is 10.6 Å². The second-order valence-corrected chi connectivity index (χ2v) is 6.99. The summed E-state index contributed by atoms with van der Waals surface area (Å²) < 4.78 is 13.7. The number of rotatable bonds is 5. The molecular weight excluding hydrogens is 440 g/mol. The molecule has 0 saturated heterocycles. The van der Waals surface area contributed by atoms with Gasteiger partial charge in [-0.15, -0.1) is 24.0 Å². The Kier molecular flexibility index (Phi) is 9.99. The molecule has 1 aliphatic carbocycles. The van der Waals surface area contributed by atoms with Crippen molar-refractivity contribution in [1.29, 1.82) is 0 Å². The van der Waals surface area contributed by atoms with E-state index in [1.165, 1.54) is 18.9 Å². The molecule has 1 aromatic carbocycles. The van der Waals surface area contributed by atoms with Gasteiger partial charge in [-0.3, -0.25) is 4.99 Å². The van der Waals surface area contributed by atoms with Gasteiger partial charge in [0.1, 0.15) is 5.82 Å². The second kappa shape index (κ2) is 11.1. The molecule has 0 aromatic heterocycles. The monoisotopic (exact) mass is 467 g/mol. The third-order valence-corrected chi connectivity index (χ3v) is 5.35. The molecule has 0 heterocycles. The maximum Gasteiger partial charge on any atom is 0.191 e. The van der Waals surface area contributed by atoms with Gasteiger partial charge in [0, 0.05) is 30.4 Å². The maximum atomic E-state index is 13.7. The topological polar surface area (TPSA) is 56.7 Å². The number of aliphatic imine (C=N–C) groups is 1. The number of thioether (sulfide) groups is 1. The summed E-state index contributed by atoms with van der Waals surface area (Å²) in [5.74, 6) is 0.270. The van der Waals surface area contributed by atoms with Crippen molar-refractivity contribution < 1.29 is 9.50 Å². The highest BCUT2D eigenvalue weighted by Crippen LogP contribution is 2.26. The van der Waals surface area contributed by atoms with Crippen LogP contribution in [0.15, 0.2) is 29.3 Å². The Hall–Kier alpha value is -0.540. The first-order chi connectivity index (χ1) is 11.1. The zero-order valence-electron chi connectivity index (χ0n) is 14.2. The van der Waals surface area contributed by atoms with Gasteiger partial charge in [0.05, 0.1) is 6.10 Å². The van der Waals surface area contributed by atoms with Crippen LogP contribution in [0.2, 0.25) is 0 Å². The van der Waals surface area contributed by atoms with Crippen molar-refractivity contribution in [2.45, 2.75) is 43.1 Å². The standard InChI is InChI=1S/C17H26FN3OS.HI/c1-19-17(21-12-6-5-7-13(10-12)23-2)20-11-16(22)14-8-3-4-9-15(14)18;/h3-4,8-9,12-13,16,22H,5-7,10-11H2,1-2H3,(H2,19,20,21);1H. The van der Waals surface area contributed by atoms with Gasteiger partial charge in [0.15, 0.2) is 5.96 Å². The Bertz CT molecular complexity index is 532. The van der Waals surface area contributed by atoms with E-state index in [-0.39, 0.29) is 36.3 Å². The average Bonchev–Trinajstić information content (AvgIpc) is 2.58. The molecule has 3 N–H and O–H groups in total. The summed E-state index contributed by atoms with van der Waals surface area (Å²) in [4.78, 5) is 4.20. The summed E-state index contributed by atoms with van der Waals surface area (Å²) in [5.41, 5.74) is 0.301. The fraction of sp³-hybridized carbons (Fsp3) is 0.588. The van der Waals surface area contributed by atoms with Crippen LogP contribution in [0.1, 0.15) is 37.4 Å². The SMILES string of the molecule is CN=C(NCC(O)c1ccccc1F)NC1CCCC(SC)C1.I. The van der Waals surface area contributed by atoms with E-state index in [0.717, 1.165) is 12.8 Å². The molecule has 0 amide bonds. The van der Waals surface area contributed by atoms with Crippen molar-refractivity contribution in [3.8, 4) is 0 Å². The van der Waals surface area contributed by atoms with Gasteiger partial charge in [-0.25, -0.2) is 4.39 Å². The molecule has 1 fully saturated rings. The molecule has 0 aliphatic heterocycles. The van der Waals surface area contributed by atoms with E-state index >= 15 is 0 Å². The molecule has 0 spiro atoms. The first-order valence-electron chi connectivity index (χ1n) is 8.06. The highest BCUT2D eigenvalue weighted by molar-refractivity contribution is 14.0. The molecule has 0 radical (unpaired) electrons. The summed E-state index contributed by atoms with van der Waals surface area (Å²) in [6.45, 7) is 0.222. The Balaban J connectivity index is 0.00000288. The van der Waals surface area contributed by atoms with E-state index in [0.29, 0.717) is 22.8 Å². The predicted molar refractivity (Wildman–Crippen MR) is 111 cm³/mol. The Morgan fingerprint density at radius 2 is 2.17 bits per heavy atom. The molecule has 3 unspecified atom stereocenters. The maximum absolute atomic E-state index is 13.7. The Morgan fingerprint density at radius 3 is 2.83 bits per heavy atom. The van der Waals surface area contributed by atoms with Crippen LogP contribution in [0.4, 0.5) is 4.39 Å². The normalized spacial score (nSPS) is 22.4. The Morgan fingerprint density at radius 1 is 1.42 bits per heavy atom. The summed E-state index contributed by atoms with van der Waals surface area (Å²) in [5, 5.41) is 17.3. The summed E-state index contributed by atoms with van der Waals surface area (Å²) >= 11 is 1.92. The van der Waals surface area contributed by atoms with Gasteiger partial charge in [0.25, 0.3) is 0 Å². The molecule has 1 saturated carbocycles. The predicted octanol–water partition coefficient (Wildman–Crippen LogP) is 3.32. The third-order valence-electron chi connectivity index (χ3n) is 4.25. The van der Waals surface area contributed by atoms with E-state index in [1.54, 1.807) is 25.2 Å². The largest absolute Gasteiger partial charge is 0.386 e. The van der Waals surface area contributed by atoms with Gasteiger partial charge in [0.2, 0.25) is 0 Å². The highest BCUT2D eigenvalue weighted by atomic mass is 127. The van der Waals surface area contributed by atoms with E-state index in [1.807, 2.05) is 11.8 Å². The van der Waals surface area contributed by atoms with Crippen molar-refractivity contribution >= 4 is 41.7 Å². The smallest absolute Gasteiger partial charge is 0.191 e. The number of guanidine groups is 1. The zero-order valence-corrected chi connectivity index (χ0v) is 17.3. The van der Waals surface area contributed by atoms with Crippen LogP contribution in [0.3, 0.4) is 0 Å². The Labute approximate surface area is 165 Å². The van der Waals surface area contributed by atoms with Gasteiger partial charge >= 0.3 is 0 Å². The molecule has 1 aromatic rings. The van der Waals surface area contributed by atoms with E-state index in [4.69, 9.17) is 0 Å². The van der Waals surface area contributed by atoms with Crippen molar-refractivity contribution in [3.05, 3.63) is 35.6 Å². The number of hydrogen-bond donors (Lipinski definition) is 3. The van der Waals surface area contributed by atoms with Crippen LogP contribution in [0.25, 0.3) is 0 Å². The number of hydrogen-bond acceptors (Lipinski definition) is 3. The minimum absolute atomic E-state index is 0. The van der Waals surface area contributed by atoms with Gasteiger partial charge in [-0.1, -0.05) is 24.6 Å². The van der Waals surface area contributed by atoms with Crippen LogP contribution >= 0.6 is 35.7 Å². The van der Waals surface area contributed by atoms with Crippen LogP contribution in [-0.4, -0.2) is 42.2 Å². The van der Waals surface area contributed by atoms with E-state index in [9.17, 15) is 9.50 Å². The molecule has 1 aliphatic rings. The molecule has 0 bridgehead atoms. The van der Waals surface area contributed by atoms with Crippen molar-refractivity contribution in [2.75, 3.05) is 19.8 Å². The first-order valence-corrected chi connectivity index (χ1v) is 9.35. The zero-order chi connectivity index (χ0) is 16.7. The van der Waals surface area contributed by atoms with Crippen molar-refractivity contribution in [3.63, 3.8) is 0 Å². The number of benzene rings is 1. The van der Waals surface area contributed by atoms with Crippen molar-refractivity contribution in [2.24, 2.45) is 4.99 Å². The average molecular weight is 467 g/mol. The number of aliphatic hydroxyl groups is 1. The van der Waals surface area contributed by atoms with E-state index in [2.05, 4.69) is 21.9 Å². The molecule has 136 valence electrons. The molecule has 4 nitrogen and oxygen atoms in total. The number of halogens is 2. The first kappa shape index (κ1) is 21.5. The number of nitrogens with one attached hydrogen (secondary N) is 2. The minimum atomic E-state index is -0.903. The van der Waals surface area contributed by atoms with Gasteiger partial charge in [-0.2, -0.15) is 11.8 Å². The lowest BCUT2D eigenvalue weighted by atomic mass is 9.95. The third kappa shape index (κ3) is 6.40. The molecule has 2 rings (SSSR count). The molecule has 24 heavy (non-hydrogen) atoms. The fourth-order valence-corrected chi connectivity index (χ4v) is 3.75. The second-order valence-electron chi connectivity index (χ2n) is 5.86. The van der Waals surface area contributed by atoms with E-state index < -0.39 is 6.10 Å². The minimum Gasteiger partial charge on any atom is -0.386 e. The number of aliphatic hydroxyl groups excluding tert-OH is 1. The van der Waals surface area contributed by atoms with Crippen molar-refractivity contribution in [1.82, 2.24) is 10.6 Å². The summed E-state index contributed by atoms with van der Waals surface area (Å²) in [7, 11) is 1.71. The van der Waals surface area contributed by atoms with Crippen LogP contribution in [-0.2, 0) is 0 Å². The van der Waals surface area contributed by atoms with Crippen LogP contribution in [0, 0.1) is 5.82 Å². The van der Waals surface area contributed by atoms with Gasteiger partial charge < -0.3 is 15.7 Å².